The number of methoxy groups -OCH3 is 1. The molecule has 0 aliphatic heterocycles. The van der Waals surface area contributed by atoms with Crippen molar-refractivity contribution in [2.45, 2.75) is 12.3 Å². The third kappa shape index (κ3) is 5.13. The van der Waals surface area contributed by atoms with Gasteiger partial charge in [0.1, 0.15) is 5.75 Å². The summed E-state index contributed by atoms with van der Waals surface area (Å²) in [5, 5.41) is 4.01. The summed E-state index contributed by atoms with van der Waals surface area (Å²) < 4.78 is 5.38. The molecule has 0 atom stereocenters. The summed E-state index contributed by atoms with van der Waals surface area (Å²) in [5.41, 5.74) is 5.54. The second-order valence-corrected chi connectivity index (χ2v) is 8.72. The van der Waals surface area contributed by atoms with Gasteiger partial charge in [0, 0.05) is 23.4 Å². The zero-order valence-corrected chi connectivity index (χ0v) is 20.2. The summed E-state index contributed by atoms with van der Waals surface area (Å²) >= 11 is 0. The number of pyridine rings is 1. The van der Waals surface area contributed by atoms with Gasteiger partial charge < -0.3 is 10.1 Å². The number of nitrogens with one attached hydrogen (secondary N) is 1. The Balaban J connectivity index is 1.40. The fraction of sp³-hybridized carbons (Fsp3) is 0.125. The Labute approximate surface area is 211 Å². The van der Waals surface area contributed by atoms with Gasteiger partial charge in [-0.25, -0.2) is 4.98 Å². The highest BCUT2D eigenvalue weighted by Gasteiger charge is 2.17. The van der Waals surface area contributed by atoms with Crippen LogP contribution in [0.15, 0.2) is 115 Å². The minimum absolute atomic E-state index is 0.0994. The van der Waals surface area contributed by atoms with E-state index in [1.807, 2.05) is 66.7 Å². The molecule has 0 spiro atoms. The lowest BCUT2D eigenvalue weighted by Gasteiger charge is -2.19. The number of amides is 1. The number of carbonyl (C=O) groups excluding carboxylic acids is 1. The molecule has 1 heterocycles. The lowest BCUT2D eigenvalue weighted by Crippen LogP contribution is -2.26. The van der Waals surface area contributed by atoms with Crippen LogP contribution >= 0.6 is 0 Å². The topological polar surface area (TPSA) is 51.2 Å². The molecule has 0 saturated carbocycles. The van der Waals surface area contributed by atoms with E-state index in [0.717, 1.165) is 34.3 Å². The quantitative estimate of drug-likeness (QED) is 0.268. The van der Waals surface area contributed by atoms with E-state index >= 15 is 0 Å². The first kappa shape index (κ1) is 23.3. The monoisotopic (exact) mass is 472 g/mol. The fourth-order valence-corrected chi connectivity index (χ4v) is 4.62. The number of benzene rings is 4. The van der Waals surface area contributed by atoms with Gasteiger partial charge in [-0.1, -0.05) is 91.0 Å². The van der Waals surface area contributed by atoms with Crippen LogP contribution < -0.4 is 10.1 Å². The highest BCUT2D eigenvalue weighted by atomic mass is 16.5. The van der Waals surface area contributed by atoms with Gasteiger partial charge in [-0.2, -0.15) is 0 Å². The summed E-state index contributed by atoms with van der Waals surface area (Å²) in [4.78, 5) is 18.3. The molecule has 0 aliphatic carbocycles. The molecule has 0 radical (unpaired) electrons. The molecule has 0 bridgehead atoms. The van der Waals surface area contributed by atoms with Crippen LogP contribution in [-0.4, -0.2) is 24.5 Å². The number of rotatable bonds is 8. The third-order valence-electron chi connectivity index (χ3n) is 6.45. The van der Waals surface area contributed by atoms with Crippen molar-refractivity contribution in [2.75, 3.05) is 13.7 Å². The molecule has 36 heavy (non-hydrogen) atoms. The van der Waals surface area contributed by atoms with Crippen LogP contribution in [0, 0.1) is 0 Å². The number of hydrogen-bond acceptors (Lipinski definition) is 3. The van der Waals surface area contributed by atoms with Crippen LogP contribution in [0.4, 0.5) is 0 Å². The van der Waals surface area contributed by atoms with Gasteiger partial charge in [0.25, 0.3) is 5.91 Å². The highest BCUT2D eigenvalue weighted by Crippen LogP contribution is 2.29. The minimum Gasteiger partial charge on any atom is -0.497 e. The minimum atomic E-state index is -0.0994. The normalized spacial score (nSPS) is 10.9. The molecule has 1 aromatic heterocycles. The number of para-hydroxylation sites is 1. The summed E-state index contributed by atoms with van der Waals surface area (Å²) in [6.45, 7) is 0.554. The van der Waals surface area contributed by atoms with Gasteiger partial charge in [0.2, 0.25) is 0 Å². The van der Waals surface area contributed by atoms with Crippen LogP contribution in [0.2, 0.25) is 0 Å². The van der Waals surface area contributed by atoms with Gasteiger partial charge in [-0.15, -0.1) is 0 Å². The van der Waals surface area contributed by atoms with Gasteiger partial charge in [-0.05, 0) is 41.8 Å². The van der Waals surface area contributed by atoms with E-state index in [2.05, 4.69) is 53.8 Å². The Bertz CT molecular complexity index is 1430. The molecule has 4 nitrogen and oxygen atoms in total. The lowest BCUT2D eigenvalue weighted by molar-refractivity contribution is 0.0954. The second-order valence-electron chi connectivity index (χ2n) is 8.72. The van der Waals surface area contributed by atoms with Crippen molar-refractivity contribution in [2.24, 2.45) is 0 Å². The molecule has 4 heteroatoms. The average molecular weight is 473 g/mol. The van der Waals surface area contributed by atoms with Crippen LogP contribution in [0.25, 0.3) is 22.2 Å². The van der Waals surface area contributed by atoms with E-state index in [1.54, 1.807) is 7.11 Å². The molecular formula is C32H28N2O2. The number of ether oxygens (including phenoxy) is 1. The number of hydrogen-bond donors (Lipinski definition) is 1. The van der Waals surface area contributed by atoms with Gasteiger partial charge in [0.05, 0.1) is 23.9 Å². The standard InChI is InChI=1S/C32H28N2O2/c1-36-26-16-10-15-25(21-26)31-22-29(28-17-8-9-18-30(28)34-31)32(35)33-20-19-27(23-11-4-2-5-12-23)24-13-6-3-7-14-24/h2-18,21-22,27H,19-20H2,1H3,(H,33,35). The molecule has 0 aliphatic rings. The summed E-state index contributed by atoms with van der Waals surface area (Å²) in [5.74, 6) is 0.855. The van der Waals surface area contributed by atoms with Crippen molar-refractivity contribution < 1.29 is 9.53 Å². The molecule has 4 aromatic carbocycles. The molecule has 5 rings (SSSR count). The van der Waals surface area contributed by atoms with Crippen molar-refractivity contribution in [3.8, 4) is 17.0 Å². The van der Waals surface area contributed by atoms with E-state index in [4.69, 9.17) is 9.72 Å². The summed E-state index contributed by atoms with van der Waals surface area (Å²) in [7, 11) is 1.64. The molecule has 5 aromatic rings. The number of aromatic nitrogens is 1. The zero-order chi connectivity index (χ0) is 24.7. The molecule has 0 fully saturated rings. The first-order chi connectivity index (χ1) is 17.7. The van der Waals surface area contributed by atoms with Crippen LogP contribution in [0.5, 0.6) is 5.75 Å². The van der Waals surface area contributed by atoms with E-state index < -0.39 is 0 Å². The first-order valence-electron chi connectivity index (χ1n) is 12.2. The molecule has 0 unspecified atom stereocenters. The van der Waals surface area contributed by atoms with E-state index in [1.165, 1.54) is 11.1 Å². The Kier molecular flexibility index (Phi) is 7.04. The van der Waals surface area contributed by atoms with Crippen molar-refractivity contribution in [3.05, 3.63) is 132 Å². The van der Waals surface area contributed by atoms with Crippen LogP contribution in [0.1, 0.15) is 33.8 Å². The molecule has 1 N–H and O–H groups in total. The third-order valence-corrected chi connectivity index (χ3v) is 6.45. The largest absolute Gasteiger partial charge is 0.497 e. The second kappa shape index (κ2) is 10.9. The Morgan fingerprint density at radius 3 is 2.17 bits per heavy atom. The number of carbonyl (C=O) groups is 1. The number of fused-ring (bicyclic) bond motifs is 1. The average Bonchev–Trinajstić information content (AvgIpc) is 2.95. The van der Waals surface area contributed by atoms with Crippen molar-refractivity contribution >= 4 is 16.8 Å². The van der Waals surface area contributed by atoms with E-state index in [0.29, 0.717) is 12.1 Å². The molecule has 178 valence electrons. The van der Waals surface area contributed by atoms with E-state index in [-0.39, 0.29) is 11.8 Å². The van der Waals surface area contributed by atoms with Crippen molar-refractivity contribution in [3.63, 3.8) is 0 Å². The number of nitrogens with zero attached hydrogens (tertiary/aromatic N) is 1. The molecule has 1 amide bonds. The molecule has 0 saturated heterocycles. The Hall–Kier alpha value is -4.44. The highest BCUT2D eigenvalue weighted by molar-refractivity contribution is 6.07. The fourth-order valence-electron chi connectivity index (χ4n) is 4.62. The molecular weight excluding hydrogens is 444 g/mol. The van der Waals surface area contributed by atoms with Gasteiger partial charge >= 0.3 is 0 Å². The van der Waals surface area contributed by atoms with Crippen molar-refractivity contribution in [1.82, 2.24) is 10.3 Å². The Morgan fingerprint density at radius 1 is 0.806 bits per heavy atom. The van der Waals surface area contributed by atoms with Gasteiger partial charge in [-0.3, -0.25) is 4.79 Å². The summed E-state index contributed by atoms with van der Waals surface area (Å²) in [6, 6.07) is 38.3. The Morgan fingerprint density at radius 2 is 1.47 bits per heavy atom. The summed E-state index contributed by atoms with van der Waals surface area (Å²) in [6.07, 6.45) is 0.797. The smallest absolute Gasteiger partial charge is 0.252 e. The van der Waals surface area contributed by atoms with E-state index in [9.17, 15) is 4.79 Å². The maximum atomic E-state index is 13.5. The predicted molar refractivity (Wildman–Crippen MR) is 145 cm³/mol. The maximum Gasteiger partial charge on any atom is 0.252 e. The van der Waals surface area contributed by atoms with Crippen LogP contribution in [0.3, 0.4) is 0 Å². The van der Waals surface area contributed by atoms with Crippen molar-refractivity contribution in [1.29, 1.82) is 0 Å². The maximum absolute atomic E-state index is 13.5. The van der Waals surface area contributed by atoms with Crippen LogP contribution in [-0.2, 0) is 0 Å². The first-order valence-corrected chi connectivity index (χ1v) is 12.2. The zero-order valence-electron chi connectivity index (χ0n) is 20.2. The van der Waals surface area contributed by atoms with Gasteiger partial charge in [0.15, 0.2) is 0 Å². The lowest BCUT2D eigenvalue weighted by atomic mass is 9.88. The SMILES string of the molecule is COc1cccc(-c2cc(C(=O)NCCC(c3ccccc3)c3ccccc3)c3ccccc3n2)c1. The predicted octanol–water partition coefficient (Wildman–Crippen LogP) is 6.86.